The number of guanidine groups is 1. The Hall–Kier alpha value is -1.11. The van der Waals surface area contributed by atoms with Crippen LogP contribution in [0.2, 0.25) is 0 Å². The Morgan fingerprint density at radius 1 is 1.48 bits per heavy atom. The molecule has 1 aromatic rings. The van der Waals surface area contributed by atoms with E-state index in [0.717, 1.165) is 37.0 Å². The molecule has 23 heavy (non-hydrogen) atoms. The molecule has 3 N–H and O–H groups in total. The first kappa shape index (κ1) is 18.2. The van der Waals surface area contributed by atoms with Crippen molar-refractivity contribution < 1.29 is 5.11 Å². The molecule has 2 rings (SSSR count). The van der Waals surface area contributed by atoms with Crippen molar-refractivity contribution in [3.63, 3.8) is 0 Å². The largest absolute Gasteiger partial charge is 0.383 e. The fourth-order valence-electron chi connectivity index (χ4n) is 2.85. The van der Waals surface area contributed by atoms with E-state index in [-0.39, 0.29) is 0 Å². The zero-order chi connectivity index (χ0) is 16.7. The van der Waals surface area contributed by atoms with Gasteiger partial charge < -0.3 is 20.6 Å². The maximum absolute atomic E-state index is 10.6. The van der Waals surface area contributed by atoms with E-state index in [9.17, 15) is 5.11 Å². The van der Waals surface area contributed by atoms with E-state index in [1.54, 1.807) is 11.3 Å². The van der Waals surface area contributed by atoms with Crippen LogP contribution in [0, 0.1) is 5.92 Å². The fourth-order valence-corrected chi connectivity index (χ4v) is 3.62. The molecule has 6 heteroatoms. The molecule has 2 heterocycles. The van der Waals surface area contributed by atoms with Crippen LogP contribution in [0.3, 0.4) is 0 Å². The first-order valence-electron chi connectivity index (χ1n) is 8.56. The van der Waals surface area contributed by atoms with E-state index in [4.69, 9.17) is 0 Å². The molecule has 1 fully saturated rings. The van der Waals surface area contributed by atoms with E-state index in [1.165, 1.54) is 13.0 Å². The highest BCUT2D eigenvalue weighted by Crippen LogP contribution is 2.25. The van der Waals surface area contributed by atoms with Crippen molar-refractivity contribution in [3.05, 3.63) is 22.4 Å². The van der Waals surface area contributed by atoms with Crippen LogP contribution in [0.4, 0.5) is 0 Å². The number of nitrogens with one attached hydrogen (secondary N) is 2. The minimum absolute atomic E-state index is 0.356. The van der Waals surface area contributed by atoms with Crippen LogP contribution in [0.15, 0.2) is 22.5 Å². The quantitative estimate of drug-likeness (QED) is 0.525. The zero-order valence-electron chi connectivity index (χ0n) is 14.5. The molecule has 1 aliphatic rings. The van der Waals surface area contributed by atoms with Crippen LogP contribution in [0.25, 0.3) is 0 Å². The van der Waals surface area contributed by atoms with Gasteiger partial charge in [-0.1, -0.05) is 13.0 Å². The second kappa shape index (κ2) is 8.66. The predicted octanol–water partition coefficient (Wildman–Crippen LogP) is 1.85. The Labute approximate surface area is 143 Å². The van der Waals surface area contributed by atoms with E-state index in [1.807, 2.05) is 24.4 Å². The highest BCUT2D eigenvalue weighted by atomic mass is 32.1. The molecule has 130 valence electrons. The Morgan fingerprint density at radius 3 is 2.91 bits per heavy atom. The van der Waals surface area contributed by atoms with Crippen molar-refractivity contribution in [1.29, 1.82) is 0 Å². The van der Waals surface area contributed by atoms with Crippen molar-refractivity contribution in [3.8, 4) is 0 Å². The van der Waals surface area contributed by atoms with Crippen molar-refractivity contribution in [2.75, 3.05) is 39.3 Å². The number of aliphatic imine (C=N–C) groups is 1. The van der Waals surface area contributed by atoms with E-state index < -0.39 is 5.60 Å². The number of thiophene rings is 1. The van der Waals surface area contributed by atoms with Gasteiger partial charge in [0.2, 0.25) is 0 Å². The summed E-state index contributed by atoms with van der Waals surface area (Å²) < 4.78 is 0. The van der Waals surface area contributed by atoms with Gasteiger partial charge in [0.15, 0.2) is 5.96 Å². The lowest BCUT2D eigenvalue weighted by molar-refractivity contribution is 0.0711. The summed E-state index contributed by atoms with van der Waals surface area (Å²) in [5, 5.41) is 19.3. The first-order chi connectivity index (χ1) is 11.0. The van der Waals surface area contributed by atoms with Crippen molar-refractivity contribution in [2.45, 2.75) is 32.8 Å². The molecule has 2 unspecified atom stereocenters. The lowest BCUT2D eigenvalue weighted by Crippen LogP contribution is -2.41. The van der Waals surface area contributed by atoms with Gasteiger partial charge in [0.05, 0.1) is 6.54 Å². The third-order valence-electron chi connectivity index (χ3n) is 4.32. The molecule has 0 aromatic carbocycles. The first-order valence-corrected chi connectivity index (χ1v) is 9.44. The van der Waals surface area contributed by atoms with Gasteiger partial charge in [-0.2, -0.15) is 0 Å². The summed E-state index contributed by atoms with van der Waals surface area (Å²) in [6.07, 6.45) is 1.24. The molecule has 0 radical (unpaired) electrons. The molecule has 5 nitrogen and oxygen atoms in total. The maximum Gasteiger partial charge on any atom is 0.191 e. The Bertz CT molecular complexity index is 487. The second-order valence-corrected chi connectivity index (χ2v) is 7.32. The topological polar surface area (TPSA) is 59.9 Å². The second-order valence-electron chi connectivity index (χ2n) is 6.38. The summed E-state index contributed by atoms with van der Waals surface area (Å²) in [4.78, 5) is 8.01. The average molecular weight is 339 g/mol. The molecule has 0 spiro atoms. The number of hydrogen-bond acceptors (Lipinski definition) is 4. The molecule has 0 bridgehead atoms. The van der Waals surface area contributed by atoms with Gasteiger partial charge in [0.1, 0.15) is 5.60 Å². The summed E-state index contributed by atoms with van der Waals surface area (Å²) in [5.74, 6) is 1.47. The minimum Gasteiger partial charge on any atom is -0.383 e. The monoisotopic (exact) mass is 338 g/mol. The maximum atomic E-state index is 10.6. The third-order valence-corrected chi connectivity index (χ3v) is 5.44. The summed E-state index contributed by atoms with van der Waals surface area (Å²) in [5.41, 5.74) is -0.914. The fraction of sp³-hybridized carbons (Fsp3) is 0.706. The standard InChI is InChI=1S/C17H30N4OS/c1-4-18-16(19-11-14-8-9-21(5-2)12-14)20-13-17(3,22)15-7-6-10-23-15/h6-7,10,14,22H,4-5,8-9,11-13H2,1-3H3,(H2,18,19,20). The lowest BCUT2D eigenvalue weighted by atomic mass is 10.1. The summed E-state index contributed by atoms with van der Waals surface area (Å²) in [6, 6.07) is 3.92. The Morgan fingerprint density at radius 2 is 2.30 bits per heavy atom. The SMILES string of the molecule is CCNC(=NCC(C)(O)c1cccs1)NCC1CCN(CC)C1. The third kappa shape index (κ3) is 5.48. The minimum atomic E-state index is -0.914. The molecule has 0 aliphatic carbocycles. The number of hydrogen-bond donors (Lipinski definition) is 3. The normalized spacial score (nSPS) is 22.1. The molecule has 1 saturated heterocycles. The highest BCUT2D eigenvalue weighted by molar-refractivity contribution is 7.10. The van der Waals surface area contributed by atoms with Gasteiger partial charge in [-0.25, -0.2) is 4.99 Å². The van der Waals surface area contributed by atoms with Gasteiger partial charge in [0.25, 0.3) is 0 Å². The summed E-state index contributed by atoms with van der Waals surface area (Å²) in [7, 11) is 0. The molecular formula is C17H30N4OS. The van der Waals surface area contributed by atoms with E-state index >= 15 is 0 Å². The Balaban J connectivity index is 1.87. The van der Waals surface area contributed by atoms with Crippen LogP contribution in [0.1, 0.15) is 32.1 Å². The van der Waals surface area contributed by atoms with Gasteiger partial charge in [-0.15, -0.1) is 11.3 Å². The van der Waals surface area contributed by atoms with Crippen LogP contribution < -0.4 is 10.6 Å². The van der Waals surface area contributed by atoms with Crippen LogP contribution in [-0.2, 0) is 5.60 Å². The van der Waals surface area contributed by atoms with Crippen LogP contribution in [-0.4, -0.2) is 55.2 Å². The van der Waals surface area contributed by atoms with Crippen molar-refractivity contribution >= 4 is 17.3 Å². The Kier molecular flexibility index (Phi) is 6.87. The lowest BCUT2D eigenvalue weighted by Gasteiger charge is -2.21. The van der Waals surface area contributed by atoms with Gasteiger partial charge in [0, 0.05) is 24.5 Å². The van der Waals surface area contributed by atoms with Crippen LogP contribution in [0.5, 0.6) is 0 Å². The molecule has 2 atom stereocenters. The smallest absolute Gasteiger partial charge is 0.191 e. The van der Waals surface area contributed by atoms with Gasteiger partial charge in [-0.05, 0) is 50.7 Å². The number of nitrogens with zero attached hydrogens (tertiary/aromatic N) is 2. The van der Waals surface area contributed by atoms with Crippen molar-refractivity contribution in [2.24, 2.45) is 10.9 Å². The van der Waals surface area contributed by atoms with E-state index in [2.05, 4.69) is 34.4 Å². The number of aliphatic hydroxyl groups is 1. The molecule has 0 amide bonds. The number of rotatable bonds is 7. The van der Waals surface area contributed by atoms with Gasteiger partial charge in [-0.3, -0.25) is 0 Å². The average Bonchev–Trinajstić information content (AvgIpc) is 3.21. The van der Waals surface area contributed by atoms with Crippen LogP contribution >= 0.6 is 11.3 Å². The summed E-state index contributed by atoms with van der Waals surface area (Å²) in [6.45, 7) is 11.7. The highest BCUT2D eigenvalue weighted by Gasteiger charge is 2.24. The molecule has 1 aromatic heterocycles. The van der Waals surface area contributed by atoms with E-state index in [0.29, 0.717) is 12.5 Å². The summed E-state index contributed by atoms with van der Waals surface area (Å²) >= 11 is 1.57. The predicted molar refractivity (Wildman–Crippen MR) is 98.1 cm³/mol. The van der Waals surface area contributed by atoms with Crippen molar-refractivity contribution in [1.82, 2.24) is 15.5 Å². The van der Waals surface area contributed by atoms with Gasteiger partial charge >= 0.3 is 0 Å². The zero-order valence-corrected chi connectivity index (χ0v) is 15.3. The molecular weight excluding hydrogens is 308 g/mol. The molecule has 1 aliphatic heterocycles. The molecule has 0 saturated carbocycles. The number of likely N-dealkylation sites (tertiary alicyclic amines) is 1.